The van der Waals surface area contributed by atoms with E-state index in [2.05, 4.69) is 5.32 Å². The first kappa shape index (κ1) is 20.4. The number of hydrogen-bond acceptors (Lipinski definition) is 5. The van der Waals surface area contributed by atoms with Crippen molar-refractivity contribution in [1.82, 2.24) is 0 Å². The van der Waals surface area contributed by atoms with E-state index in [1.165, 1.54) is 12.1 Å². The van der Waals surface area contributed by atoms with E-state index in [4.69, 9.17) is 9.47 Å². The molecule has 0 aliphatic heterocycles. The Bertz CT molecular complexity index is 1060. The Kier molecular flexibility index (Phi) is 6.51. The number of amides is 1. The molecule has 0 radical (unpaired) electrons. The third kappa shape index (κ3) is 6.08. The van der Waals surface area contributed by atoms with Crippen LogP contribution >= 0.6 is 0 Å². The molecule has 0 spiro atoms. The van der Waals surface area contributed by atoms with Crippen molar-refractivity contribution in [3.8, 4) is 11.5 Å². The van der Waals surface area contributed by atoms with Crippen molar-refractivity contribution < 1.29 is 22.7 Å². The first-order valence-electron chi connectivity index (χ1n) is 8.90. The van der Waals surface area contributed by atoms with Gasteiger partial charge in [-0.05, 0) is 42.0 Å². The van der Waals surface area contributed by atoms with Crippen LogP contribution in [-0.2, 0) is 21.2 Å². The van der Waals surface area contributed by atoms with E-state index in [0.717, 1.165) is 11.8 Å². The van der Waals surface area contributed by atoms with Crippen molar-refractivity contribution >= 4 is 21.4 Å². The van der Waals surface area contributed by atoms with Crippen LogP contribution in [0.1, 0.15) is 5.56 Å². The lowest BCUT2D eigenvalue weighted by atomic mass is 10.2. The van der Waals surface area contributed by atoms with Gasteiger partial charge in [0.25, 0.3) is 5.91 Å². The number of ether oxygens (including phenoxy) is 2. The van der Waals surface area contributed by atoms with Crippen LogP contribution in [0.5, 0.6) is 11.5 Å². The predicted octanol–water partition coefficient (Wildman–Crippen LogP) is 3.69. The van der Waals surface area contributed by atoms with Gasteiger partial charge in [-0.3, -0.25) is 4.79 Å². The molecule has 3 aromatic carbocycles. The zero-order valence-electron chi connectivity index (χ0n) is 15.9. The minimum absolute atomic E-state index is 0.0632. The fourth-order valence-corrected chi connectivity index (χ4v) is 3.45. The van der Waals surface area contributed by atoms with Crippen LogP contribution < -0.4 is 14.8 Å². The average Bonchev–Trinajstić information content (AvgIpc) is 2.72. The third-order valence-corrected chi connectivity index (χ3v) is 5.16. The van der Waals surface area contributed by atoms with Gasteiger partial charge in [0, 0.05) is 6.26 Å². The molecule has 0 aliphatic carbocycles. The van der Waals surface area contributed by atoms with Gasteiger partial charge in [0.15, 0.2) is 16.4 Å². The molecular formula is C22H21NO5S. The van der Waals surface area contributed by atoms with E-state index in [1.54, 1.807) is 36.4 Å². The van der Waals surface area contributed by atoms with Crippen molar-refractivity contribution in [3.05, 3.63) is 84.4 Å². The molecule has 0 heterocycles. The summed E-state index contributed by atoms with van der Waals surface area (Å²) in [5.74, 6) is 0.738. The number of sulfone groups is 1. The predicted molar refractivity (Wildman–Crippen MR) is 111 cm³/mol. The van der Waals surface area contributed by atoms with Crippen LogP contribution in [0.4, 0.5) is 5.69 Å². The van der Waals surface area contributed by atoms with Gasteiger partial charge < -0.3 is 14.8 Å². The molecule has 0 bridgehead atoms. The third-order valence-electron chi connectivity index (χ3n) is 4.00. The molecular weight excluding hydrogens is 390 g/mol. The molecule has 0 aliphatic rings. The fourth-order valence-electron chi connectivity index (χ4n) is 2.60. The number of rotatable bonds is 8. The summed E-state index contributed by atoms with van der Waals surface area (Å²) < 4.78 is 34.8. The van der Waals surface area contributed by atoms with Crippen LogP contribution in [-0.4, -0.2) is 27.2 Å². The highest BCUT2D eigenvalue weighted by Crippen LogP contribution is 2.21. The Hall–Kier alpha value is -3.32. The molecule has 3 rings (SSSR count). The summed E-state index contributed by atoms with van der Waals surface area (Å²) in [4.78, 5) is 12.2. The lowest BCUT2D eigenvalue weighted by Crippen LogP contribution is -2.21. The fraction of sp³-hybridized carbons (Fsp3) is 0.136. The van der Waals surface area contributed by atoms with Gasteiger partial charge in [-0.1, -0.05) is 42.5 Å². The van der Waals surface area contributed by atoms with Gasteiger partial charge in [0.1, 0.15) is 18.1 Å². The highest BCUT2D eigenvalue weighted by atomic mass is 32.2. The minimum Gasteiger partial charge on any atom is -0.489 e. The topological polar surface area (TPSA) is 81.7 Å². The quantitative estimate of drug-likeness (QED) is 0.611. The van der Waals surface area contributed by atoms with Crippen molar-refractivity contribution in [3.63, 3.8) is 0 Å². The van der Waals surface area contributed by atoms with Crippen molar-refractivity contribution in [2.24, 2.45) is 0 Å². The zero-order chi connectivity index (χ0) is 20.7. The summed E-state index contributed by atoms with van der Waals surface area (Å²) in [5.41, 5.74) is 1.30. The summed E-state index contributed by atoms with van der Waals surface area (Å²) >= 11 is 0. The van der Waals surface area contributed by atoms with Crippen LogP contribution in [0.15, 0.2) is 83.8 Å². The maximum atomic E-state index is 12.1. The molecule has 1 amide bonds. The molecule has 0 unspecified atom stereocenters. The van der Waals surface area contributed by atoms with E-state index in [9.17, 15) is 13.2 Å². The summed E-state index contributed by atoms with van der Waals surface area (Å²) in [5, 5.41) is 2.57. The Morgan fingerprint density at radius 3 is 2.07 bits per heavy atom. The first-order valence-corrected chi connectivity index (χ1v) is 10.8. The SMILES string of the molecule is CS(=O)(=O)c1ccccc1NC(=O)COc1ccc(OCc2ccccc2)cc1. The second-order valence-electron chi connectivity index (χ2n) is 6.35. The Morgan fingerprint density at radius 2 is 1.41 bits per heavy atom. The molecule has 0 saturated carbocycles. The van der Waals surface area contributed by atoms with Crippen LogP contribution in [0.3, 0.4) is 0 Å². The van der Waals surface area contributed by atoms with Gasteiger partial charge in [0.2, 0.25) is 0 Å². The standard InChI is InChI=1S/C22H21NO5S/c1-29(25,26)21-10-6-5-9-20(21)23-22(24)16-28-19-13-11-18(12-14-19)27-15-17-7-3-2-4-8-17/h2-14H,15-16H2,1H3,(H,23,24). The number of hydrogen-bond donors (Lipinski definition) is 1. The molecule has 0 atom stereocenters. The van der Waals surface area contributed by atoms with E-state index in [-0.39, 0.29) is 17.2 Å². The molecule has 0 saturated heterocycles. The Balaban J connectivity index is 1.52. The van der Waals surface area contributed by atoms with Gasteiger partial charge in [-0.2, -0.15) is 0 Å². The summed E-state index contributed by atoms with van der Waals surface area (Å²) in [6, 6.07) is 23.0. The molecule has 7 heteroatoms. The molecule has 0 fully saturated rings. The Labute approximate surface area is 170 Å². The maximum Gasteiger partial charge on any atom is 0.262 e. The molecule has 3 aromatic rings. The highest BCUT2D eigenvalue weighted by Gasteiger charge is 2.14. The van der Waals surface area contributed by atoms with Crippen LogP contribution in [0, 0.1) is 0 Å². The normalized spacial score (nSPS) is 10.9. The maximum absolute atomic E-state index is 12.1. The smallest absolute Gasteiger partial charge is 0.262 e. The minimum atomic E-state index is -3.45. The summed E-state index contributed by atoms with van der Waals surface area (Å²) in [7, 11) is -3.45. The second kappa shape index (κ2) is 9.25. The molecule has 0 aromatic heterocycles. The van der Waals surface area contributed by atoms with Crippen LogP contribution in [0.25, 0.3) is 0 Å². The second-order valence-corrected chi connectivity index (χ2v) is 8.34. The van der Waals surface area contributed by atoms with Gasteiger partial charge in [-0.25, -0.2) is 8.42 Å². The number of carbonyl (C=O) groups is 1. The van der Waals surface area contributed by atoms with Gasteiger partial charge >= 0.3 is 0 Å². The summed E-state index contributed by atoms with van der Waals surface area (Å²) in [6.45, 7) is 0.214. The largest absolute Gasteiger partial charge is 0.489 e. The van der Waals surface area contributed by atoms with Gasteiger partial charge in [-0.15, -0.1) is 0 Å². The average molecular weight is 411 g/mol. The van der Waals surface area contributed by atoms with Crippen molar-refractivity contribution in [1.29, 1.82) is 0 Å². The molecule has 1 N–H and O–H groups in total. The zero-order valence-corrected chi connectivity index (χ0v) is 16.7. The lowest BCUT2D eigenvalue weighted by Gasteiger charge is -2.11. The summed E-state index contributed by atoms with van der Waals surface area (Å²) in [6.07, 6.45) is 1.09. The Morgan fingerprint density at radius 1 is 0.828 bits per heavy atom. The number of para-hydroxylation sites is 1. The van der Waals surface area contributed by atoms with Gasteiger partial charge in [0.05, 0.1) is 10.6 Å². The molecule has 150 valence electrons. The van der Waals surface area contributed by atoms with Crippen molar-refractivity contribution in [2.75, 3.05) is 18.2 Å². The van der Waals surface area contributed by atoms with E-state index in [0.29, 0.717) is 18.1 Å². The monoisotopic (exact) mass is 411 g/mol. The van der Waals surface area contributed by atoms with E-state index in [1.807, 2.05) is 30.3 Å². The number of benzene rings is 3. The number of carbonyl (C=O) groups excluding carboxylic acids is 1. The lowest BCUT2D eigenvalue weighted by molar-refractivity contribution is -0.118. The van der Waals surface area contributed by atoms with E-state index >= 15 is 0 Å². The molecule has 29 heavy (non-hydrogen) atoms. The number of nitrogens with one attached hydrogen (secondary N) is 1. The number of anilines is 1. The van der Waals surface area contributed by atoms with Crippen LogP contribution in [0.2, 0.25) is 0 Å². The van der Waals surface area contributed by atoms with Crippen molar-refractivity contribution in [2.45, 2.75) is 11.5 Å². The van der Waals surface area contributed by atoms with E-state index < -0.39 is 15.7 Å². The highest BCUT2D eigenvalue weighted by molar-refractivity contribution is 7.90. The molecule has 6 nitrogen and oxygen atoms in total. The first-order chi connectivity index (χ1) is 13.9.